The first-order valence-electron chi connectivity index (χ1n) is 16.3. The molecule has 0 amide bonds. The minimum atomic E-state index is -11.0. The van der Waals surface area contributed by atoms with Gasteiger partial charge < -0.3 is 0 Å². The van der Waals surface area contributed by atoms with Crippen LogP contribution in [0.25, 0.3) is 0 Å². The summed E-state index contributed by atoms with van der Waals surface area (Å²) in [7, 11) is 0. The molecule has 0 fully saturated rings. The van der Waals surface area contributed by atoms with Gasteiger partial charge in [0.05, 0.1) is 0 Å². The lowest BCUT2D eigenvalue weighted by Crippen LogP contribution is -2.81. The van der Waals surface area contributed by atoms with Crippen LogP contribution in [0.3, 0.4) is 0 Å². The molecule has 53 heteroatoms. The van der Waals surface area contributed by atoms with E-state index in [1.54, 1.807) is 0 Å². The van der Waals surface area contributed by atoms with E-state index in [9.17, 15) is 233 Å². The van der Waals surface area contributed by atoms with Crippen LogP contribution in [0, 0.1) is 6.43 Å². The summed E-state index contributed by atoms with van der Waals surface area (Å²) >= 11 is 0. The molecule has 0 rings (SSSR count). The number of hydrogen-bond acceptors (Lipinski definition) is 0. The first kappa shape index (κ1) is 75.3. The van der Waals surface area contributed by atoms with Gasteiger partial charge in [0, 0.05) is 0 Å². The minimum absolute atomic E-state index is 5.80. The topological polar surface area (TPSA) is 0 Å². The molecule has 0 saturated heterocycles. The second-order valence-corrected chi connectivity index (χ2v) is 14.5. The van der Waals surface area contributed by atoms with Gasteiger partial charge in [0.15, 0.2) is 0 Å². The van der Waals surface area contributed by atoms with Crippen molar-refractivity contribution in [1.82, 2.24) is 0 Å². The third-order valence-electron chi connectivity index (χ3n) is 9.66. The van der Waals surface area contributed by atoms with Gasteiger partial charge in [-0.1, -0.05) is 0 Å². The van der Waals surface area contributed by atoms with Crippen molar-refractivity contribution in [2.45, 2.75) is 148 Å². The van der Waals surface area contributed by atoms with Crippen LogP contribution in [-0.4, -0.2) is 148 Å². The number of alkyl halides is 51. The Bertz CT molecular complexity index is 2190. The second-order valence-electron chi connectivity index (χ2n) is 14.5. The molecule has 1 radical (unpaired) electrons. The molecular weight excluding hydrogens is 1320 g/mol. The van der Waals surface area contributed by atoms with Gasteiger partial charge in [-0.2, -0.15) is 233 Å². The van der Waals surface area contributed by atoms with E-state index < -0.39 is 155 Å². The maximum atomic E-state index is 14.1. The summed E-state index contributed by atoms with van der Waals surface area (Å²) in [6.45, 7) is 0. The number of hydrogen-bond donors (Lipinski definition) is 0. The molecule has 0 atom stereocenters. The predicted molar refractivity (Wildman–Crippen MR) is 130 cm³/mol. The van der Waals surface area contributed by atoms with Gasteiger partial charge in [-0.15, -0.1) is 0 Å². The van der Waals surface area contributed by atoms with Crippen molar-refractivity contribution in [1.29, 1.82) is 0 Å². The van der Waals surface area contributed by atoms with Crippen molar-refractivity contribution >= 4 is 0 Å². The van der Waals surface area contributed by atoms with Gasteiger partial charge in [-0.05, 0) is 0 Å². The van der Waals surface area contributed by atoms with E-state index in [1.165, 1.54) is 0 Å². The maximum absolute atomic E-state index is 14.1. The first-order valence-corrected chi connectivity index (χ1v) is 16.3. The molecule has 0 heterocycles. The fourth-order valence-electron chi connectivity index (χ4n) is 4.63. The Morgan fingerprint density at radius 2 is 0.190 bits per heavy atom. The van der Waals surface area contributed by atoms with Crippen LogP contribution in [0.5, 0.6) is 0 Å². The van der Waals surface area contributed by atoms with E-state index in [0.29, 0.717) is 0 Å². The molecule has 79 heavy (non-hydrogen) atoms. The van der Waals surface area contributed by atoms with Crippen molar-refractivity contribution in [2.24, 2.45) is 0 Å². The molecule has 0 aromatic heterocycles. The molecule has 0 saturated carbocycles. The Hall–Kier alpha value is -3.71. The molecule has 0 aliphatic carbocycles. The van der Waals surface area contributed by atoms with Gasteiger partial charge >= 0.3 is 155 Å². The third-order valence-corrected chi connectivity index (χ3v) is 9.66. The summed E-state index contributed by atoms with van der Waals surface area (Å²) in [5.74, 6) is -250. The second kappa shape index (κ2) is 17.9. The summed E-state index contributed by atoms with van der Waals surface area (Å²) < 4.78 is 722. The Labute approximate surface area is 389 Å². The van der Waals surface area contributed by atoms with E-state index >= 15 is 0 Å². The SMILES string of the molecule is F[C](F)C(F)(F)C(F)(F)C(F)(F)C(F)(F)C(F)(F)C(F)(F)C(F)(F)C(F)(F)C(F)(F)C(F)(F)C(F)(F)C(F)(F)C(F)(F)C(F)(F)C(F)(F)C(F)(F)C(F)(F)C(F)(F)C(F)(F)C(F)(F)C(F)(F)C(F)(F)C(F)(F)C(F)(F)C(F)(F)F. The van der Waals surface area contributed by atoms with Crippen LogP contribution in [0.2, 0.25) is 0 Å². The lowest BCUT2D eigenvalue weighted by molar-refractivity contribution is -0.499. The Morgan fingerprint density at radius 3 is 0.266 bits per heavy atom. The monoisotopic (exact) mass is 1320 g/mol. The Morgan fingerprint density at radius 1 is 0.114 bits per heavy atom. The predicted octanol–water partition coefficient (Wildman–Crippen LogP) is 17.2. The molecule has 0 aromatic carbocycles. The fourth-order valence-corrected chi connectivity index (χ4v) is 4.63. The minimum Gasteiger partial charge on any atom is -0.192 e. The van der Waals surface area contributed by atoms with Crippen molar-refractivity contribution in [3.8, 4) is 0 Å². The van der Waals surface area contributed by atoms with E-state index in [1.807, 2.05) is 0 Å². The molecule has 0 nitrogen and oxygen atoms in total. The molecular formula is C26F53. The quantitative estimate of drug-likeness (QED) is 0.0845. The van der Waals surface area contributed by atoms with Gasteiger partial charge in [-0.3, -0.25) is 0 Å². The highest BCUT2D eigenvalue weighted by molar-refractivity contribution is 5.25. The van der Waals surface area contributed by atoms with Gasteiger partial charge in [0.2, 0.25) is 0 Å². The highest BCUT2D eigenvalue weighted by atomic mass is 19.5. The molecule has 0 aromatic rings. The summed E-state index contributed by atoms with van der Waals surface area (Å²) in [6, 6.07) is 0. The van der Waals surface area contributed by atoms with Crippen LogP contribution in [0.1, 0.15) is 0 Å². The molecule has 0 N–H and O–H groups in total. The lowest BCUT2D eigenvalue weighted by atomic mass is 9.81. The molecule has 0 aliphatic heterocycles. The summed E-state index contributed by atoms with van der Waals surface area (Å²) in [4.78, 5) is 0. The summed E-state index contributed by atoms with van der Waals surface area (Å²) in [6.07, 6.45) is -14.5. The highest BCUT2D eigenvalue weighted by Crippen LogP contribution is 2.73. The standard InChI is InChI=1S/C26F53/c27-1(28)2(29,30)3(31,32)4(33,34)5(35,36)6(37,38)7(39,40)8(41,42)9(43,44)10(45,46)11(47,48)12(49,50)13(51,52)14(53,54)15(55,56)16(57,58)17(59,60)18(61,62)19(63,64)20(65,66)21(67,68)22(69,70)23(71,72)24(73,74)25(75,76)26(77,78)79. The van der Waals surface area contributed by atoms with Crippen LogP contribution in [-0.2, 0) is 0 Å². The van der Waals surface area contributed by atoms with E-state index in [0.717, 1.165) is 0 Å². The average molecular weight is 1320 g/mol. The molecule has 0 aliphatic rings. The summed E-state index contributed by atoms with van der Waals surface area (Å²) in [5, 5.41) is 0. The first-order chi connectivity index (χ1) is 32.9. The molecule has 0 bridgehead atoms. The molecule has 475 valence electrons. The third kappa shape index (κ3) is 8.15. The van der Waals surface area contributed by atoms with Gasteiger partial charge in [0.25, 0.3) is 0 Å². The number of rotatable bonds is 24. The largest absolute Gasteiger partial charge is 0.460 e. The highest BCUT2D eigenvalue weighted by Gasteiger charge is 3.05. The van der Waals surface area contributed by atoms with Crippen LogP contribution in [0.15, 0.2) is 0 Å². The van der Waals surface area contributed by atoms with Crippen molar-refractivity contribution in [2.75, 3.05) is 0 Å². The zero-order valence-corrected chi connectivity index (χ0v) is 33.0. The lowest BCUT2D eigenvalue weighted by Gasteiger charge is -2.48. The van der Waals surface area contributed by atoms with Crippen LogP contribution in [0.4, 0.5) is 233 Å². The van der Waals surface area contributed by atoms with Gasteiger partial charge in [-0.25, -0.2) is 0 Å². The molecule has 0 unspecified atom stereocenters. The maximum Gasteiger partial charge on any atom is 0.460 e. The normalized spacial score (nSPS) is 17.5. The Balaban J connectivity index is 8.24. The van der Waals surface area contributed by atoms with Crippen molar-refractivity contribution < 1.29 is 233 Å². The summed E-state index contributed by atoms with van der Waals surface area (Å²) in [5.41, 5.74) is 0. The van der Waals surface area contributed by atoms with Gasteiger partial charge in [0.1, 0.15) is 0 Å². The van der Waals surface area contributed by atoms with Crippen LogP contribution >= 0.6 is 0 Å². The fraction of sp³-hybridized carbons (Fsp3) is 0.962. The Kier molecular flexibility index (Phi) is 17.1. The average Bonchev–Trinajstić information content (AvgIpc) is 3.21. The zero-order valence-electron chi connectivity index (χ0n) is 33.0. The van der Waals surface area contributed by atoms with Crippen molar-refractivity contribution in [3.05, 3.63) is 6.43 Å². The number of halogens is 53. The molecule has 0 spiro atoms. The zero-order chi connectivity index (χ0) is 66.1. The van der Waals surface area contributed by atoms with Crippen molar-refractivity contribution in [3.63, 3.8) is 0 Å². The van der Waals surface area contributed by atoms with Crippen LogP contribution < -0.4 is 0 Å². The van der Waals surface area contributed by atoms with E-state index in [4.69, 9.17) is 0 Å². The van der Waals surface area contributed by atoms with E-state index in [2.05, 4.69) is 0 Å². The van der Waals surface area contributed by atoms with E-state index in [-0.39, 0.29) is 0 Å². The smallest absolute Gasteiger partial charge is 0.192 e.